The first-order valence-electron chi connectivity index (χ1n) is 8.98. The van der Waals surface area contributed by atoms with Gasteiger partial charge in [-0.25, -0.2) is 4.98 Å². The summed E-state index contributed by atoms with van der Waals surface area (Å²) in [5.41, 5.74) is 2.81. The number of benzene rings is 3. The molecule has 0 fully saturated rings. The van der Waals surface area contributed by atoms with E-state index >= 15 is 0 Å². The molecule has 134 valence electrons. The summed E-state index contributed by atoms with van der Waals surface area (Å²) in [6.45, 7) is 0. The van der Waals surface area contributed by atoms with E-state index < -0.39 is 0 Å². The Labute approximate surface area is 160 Å². The summed E-state index contributed by atoms with van der Waals surface area (Å²) in [5, 5.41) is 5.88. The van der Waals surface area contributed by atoms with E-state index in [2.05, 4.69) is 44.5 Å². The molecule has 28 heavy (non-hydrogen) atoms. The van der Waals surface area contributed by atoms with Gasteiger partial charge in [0.2, 0.25) is 5.95 Å². The molecule has 3 aromatic carbocycles. The highest BCUT2D eigenvalue weighted by molar-refractivity contribution is 5.95. The van der Waals surface area contributed by atoms with Crippen LogP contribution in [0.2, 0.25) is 0 Å². The van der Waals surface area contributed by atoms with Gasteiger partial charge in [0.05, 0.1) is 5.39 Å². The number of aromatic nitrogens is 3. The Morgan fingerprint density at radius 2 is 1.61 bits per heavy atom. The summed E-state index contributed by atoms with van der Waals surface area (Å²) in [4.78, 5) is 24.5. The minimum absolute atomic E-state index is 0.223. The van der Waals surface area contributed by atoms with E-state index in [1.54, 1.807) is 6.20 Å². The molecular formula is C23H16N4O. The molecule has 2 heterocycles. The third kappa shape index (κ3) is 2.89. The van der Waals surface area contributed by atoms with Gasteiger partial charge >= 0.3 is 0 Å². The molecule has 2 aromatic heterocycles. The molecule has 5 nitrogen and oxygen atoms in total. The Morgan fingerprint density at radius 1 is 0.821 bits per heavy atom. The minimum Gasteiger partial charge on any atom is -0.326 e. The lowest BCUT2D eigenvalue weighted by molar-refractivity contribution is 1.14. The summed E-state index contributed by atoms with van der Waals surface area (Å²) in [6, 6.07) is 25.7. The number of anilines is 2. The van der Waals surface area contributed by atoms with E-state index in [4.69, 9.17) is 0 Å². The molecule has 0 saturated heterocycles. The highest BCUT2D eigenvalue weighted by Gasteiger charge is 2.12. The number of H-pyrrole nitrogens is 1. The molecule has 0 saturated carbocycles. The van der Waals surface area contributed by atoms with E-state index in [1.165, 1.54) is 0 Å². The van der Waals surface area contributed by atoms with E-state index in [9.17, 15) is 4.79 Å². The lowest BCUT2D eigenvalue weighted by Crippen LogP contribution is -2.13. The van der Waals surface area contributed by atoms with Crippen LogP contribution in [0.5, 0.6) is 0 Å². The van der Waals surface area contributed by atoms with E-state index in [1.807, 2.05) is 54.6 Å². The second kappa shape index (κ2) is 6.63. The average Bonchev–Trinajstić information content (AvgIpc) is 2.73. The highest BCUT2D eigenvalue weighted by Crippen LogP contribution is 2.28. The standard InChI is InChI=1S/C23H16N4O/c28-22-20-19(17-11-10-15-6-4-5-7-16(15)14-17)12-13-24-21(20)26-23(27-22)25-18-8-2-1-3-9-18/h1-14H,(H2,24,25,26,27,28). The van der Waals surface area contributed by atoms with Gasteiger partial charge in [0.25, 0.3) is 5.56 Å². The first kappa shape index (κ1) is 16.2. The molecule has 0 amide bonds. The van der Waals surface area contributed by atoms with Crippen LogP contribution in [0, 0.1) is 0 Å². The van der Waals surface area contributed by atoms with Crippen LogP contribution in [0.3, 0.4) is 0 Å². The third-order valence-corrected chi connectivity index (χ3v) is 4.70. The van der Waals surface area contributed by atoms with Crippen molar-refractivity contribution in [1.82, 2.24) is 15.0 Å². The van der Waals surface area contributed by atoms with E-state index in [0.29, 0.717) is 17.0 Å². The van der Waals surface area contributed by atoms with Gasteiger partial charge in [-0.1, -0.05) is 54.6 Å². The normalized spacial score (nSPS) is 11.0. The van der Waals surface area contributed by atoms with Crippen molar-refractivity contribution in [2.45, 2.75) is 0 Å². The molecule has 0 aliphatic heterocycles. The summed E-state index contributed by atoms with van der Waals surface area (Å²) in [6.07, 6.45) is 1.69. The Hall–Kier alpha value is -3.99. The van der Waals surface area contributed by atoms with E-state index in [-0.39, 0.29) is 5.56 Å². The third-order valence-electron chi connectivity index (χ3n) is 4.70. The fourth-order valence-corrected chi connectivity index (χ4v) is 3.38. The summed E-state index contributed by atoms with van der Waals surface area (Å²) < 4.78 is 0. The molecule has 0 radical (unpaired) electrons. The van der Waals surface area contributed by atoms with Crippen LogP contribution >= 0.6 is 0 Å². The lowest BCUT2D eigenvalue weighted by atomic mass is 10.00. The topological polar surface area (TPSA) is 70.7 Å². The molecule has 0 atom stereocenters. The van der Waals surface area contributed by atoms with Crippen LogP contribution in [0.4, 0.5) is 11.6 Å². The smallest absolute Gasteiger partial charge is 0.262 e. The second-order valence-corrected chi connectivity index (χ2v) is 6.52. The summed E-state index contributed by atoms with van der Waals surface area (Å²) in [7, 11) is 0. The number of hydrogen-bond donors (Lipinski definition) is 2. The quantitative estimate of drug-likeness (QED) is 0.478. The monoisotopic (exact) mass is 364 g/mol. The first-order valence-corrected chi connectivity index (χ1v) is 8.98. The van der Waals surface area contributed by atoms with Crippen LogP contribution in [-0.4, -0.2) is 15.0 Å². The molecule has 0 spiro atoms. The Morgan fingerprint density at radius 3 is 2.46 bits per heavy atom. The minimum atomic E-state index is -0.223. The number of hydrogen-bond acceptors (Lipinski definition) is 4. The van der Waals surface area contributed by atoms with Crippen molar-refractivity contribution in [3.05, 3.63) is 95.4 Å². The van der Waals surface area contributed by atoms with Crippen LogP contribution in [0.15, 0.2) is 89.9 Å². The van der Waals surface area contributed by atoms with Gasteiger partial charge in [-0.3, -0.25) is 9.78 Å². The second-order valence-electron chi connectivity index (χ2n) is 6.52. The molecular weight excluding hydrogens is 348 g/mol. The molecule has 0 unspecified atom stereocenters. The SMILES string of the molecule is O=c1[nH]c(Nc2ccccc2)nc2nccc(-c3ccc4ccccc4c3)c12. The van der Waals surface area contributed by atoms with Gasteiger partial charge in [0, 0.05) is 11.9 Å². The average molecular weight is 364 g/mol. The zero-order valence-electron chi connectivity index (χ0n) is 14.9. The molecule has 5 rings (SSSR count). The van der Waals surface area contributed by atoms with Crippen molar-refractivity contribution < 1.29 is 0 Å². The lowest BCUT2D eigenvalue weighted by Gasteiger charge is -2.09. The number of rotatable bonds is 3. The van der Waals surface area contributed by atoms with Gasteiger partial charge in [0.1, 0.15) is 0 Å². The zero-order chi connectivity index (χ0) is 18.9. The molecule has 5 heteroatoms. The van der Waals surface area contributed by atoms with Crippen molar-refractivity contribution in [2.75, 3.05) is 5.32 Å². The number of para-hydroxylation sites is 1. The largest absolute Gasteiger partial charge is 0.326 e. The Balaban J connectivity index is 1.65. The first-order chi connectivity index (χ1) is 13.8. The fraction of sp³-hybridized carbons (Fsp3) is 0. The summed E-state index contributed by atoms with van der Waals surface area (Å²) >= 11 is 0. The molecule has 0 bridgehead atoms. The van der Waals surface area contributed by atoms with Crippen molar-refractivity contribution in [2.24, 2.45) is 0 Å². The Kier molecular flexibility index (Phi) is 3.84. The molecule has 5 aromatic rings. The predicted octanol–water partition coefficient (Wildman–Crippen LogP) is 4.88. The number of pyridine rings is 1. The number of fused-ring (bicyclic) bond motifs is 2. The van der Waals surface area contributed by atoms with Crippen LogP contribution in [0.25, 0.3) is 32.9 Å². The molecule has 0 aliphatic rings. The van der Waals surface area contributed by atoms with Gasteiger partial charge in [-0.05, 0) is 46.2 Å². The number of aromatic amines is 1. The maximum Gasteiger partial charge on any atom is 0.262 e. The number of nitrogens with zero attached hydrogens (tertiary/aromatic N) is 2. The molecule has 2 N–H and O–H groups in total. The Bertz CT molecular complexity index is 1360. The van der Waals surface area contributed by atoms with Crippen molar-refractivity contribution >= 4 is 33.4 Å². The van der Waals surface area contributed by atoms with Crippen LogP contribution in [-0.2, 0) is 0 Å². The van der Waals surface area contributed by atoms with Gasteiger partial charge in [0.15, 0.2) is 5.65 Å². The number of nitrogens with one attached hydrogen (secondary N) is 2. The van der Waals surface area contributed by atoms with Crippen molar-refractivity contribution in [3.8, 4) is 11.1 Å². The van der Waals surface area contributed by atoms with E-state index in [0.717, 1.165) is 27.6 Å². The summed E-state index contributed by atoms with van der Waals surface area (Å²) in [5.74, 6) is 0.367. The fourth-order valence-electron chi connectivity index (χ4n) is 3.38. The predicted molar refractivity (Wildman–Crippen MR) is 113 cm³/mol. The zero-order valence-corrected chi connectivity index (χ0v) is 14.9. The van der Waals surface area contributed by atoms with Crippen LogP contribution < -0.4 is 10.9 Å². The van der Waals surface area contributed by atoms with Gasteiger partial charge in [-0.2, -0.15) is 4.98 Å². The van der Waals surface area contributed by atoms with Crippen molar-refractivity contribution in [3.63, 3.8) is 0 Å². The molecule has 0 aliphatic carbocycles. The maximum absolute atomic E-state index is 12.9. The van der Waals surface area contributed by atoms with Gasteiger partial charge < -0.3 is 5.32 Å². The van der Waals surface area contributed by atoms with Gasteiger partial charge in [-0.15, -0.1) is 0 Å². The van der Waals surface area contributed by atoms with Crippen LogP contribution in [0.1, 0.15) is 0 Å². The van der Waals surface area contributed by atoms with Crippen molar-refractivity contribution in [1.29, 1.82) is 0 Å². The highest BCUT2D eigenvalue weighted by atomic mass is 16.1. The maximum atomic E-state index is 12.9.